The van der Waals surface area contributed by atoms with Gasteiger partial charge in [-0.05, 0) is 19.8 Å². The molecule has 2 amide bonds. The third-order valence-electron chi connectivity index (χ3n) is 2.62. The molecule has 0 spiro atoms. The summed E-state index contributed by atoms with van der Waals surface area (Å²) in [5.41, 5.74) is 5.57. The highest BCUT2D eigenvalue weighted by Crippen LogP contribution is 2.18. The Labute approximate surface area is 102 Å². The van der Waals surface area contributed by atoms with Gasteiger partial charge in [0.2, 0.25) is 11.8 Å². The highest BCUT2D eigenvalue weighted by molar-refractivity contribution is 5.88. The molecule has 3 N–H and O–H groups in total. The number of rotatable bonds is 3. The van der Waals surface area contributed by atoms with Gasteiger partial charge in [-0.25, -0.2) is 0 Å². The molecule has 1 aliphatic heterocycles. The molecule has 0 aromatic heterocycles. The van der Waals surface area contributed by atoms with Crippen LogP contribution in [0.1, 0.15) is 26.2 Å². The summed E-state index contributed by atoms with van der Waals surface area (Å²) in [6.07, 6.45) is 1.96. The molecule has 1 fully saturated rings. The zero-order chi connectivity index (χ0) is 11.4. The number of nitrogens with two attached hydrogens (primary N) is 1. The van der Waals surface area contributed by atoms with Crippen molar-refractivity contribution in [2.75, 3.05) is 13.6 Å². The lowest BCUT2D eigenvalue weighted by Crippen LogP contribution is -2.46. The van der Waals surface area contributed by atoms with Crippen LogP contribution in [0.3, 0.4) is 0 Å². The fourth-order valence-corrected chi connectivity index (χ4v) is 1.90. The van der Waals surface area contributed by atoms with Gasteiger partial charge in [-0.15, -0.1) is 12.4 Å². The largest absolute Gasteiger partial charge is 0.357 e. The lowest BCUT2D eigenvalue weighted by Gasteiger charge is -2.24. The Morgan fingerprint density at radius 1 is 1.56 bits per heavy atom. The Balaban J connectivity index is 0.00000225. The van der Waals surface area contributed by atoms with Crippen molar-refractivity contribution in [1.29, 1.82) is 0 Å². The molecular formula is C10H20ClN3O2. The molecule has 0 bridgehead atoms. The van der Waals surface area contributed by atoms with Crippen LogP contribution in [0.4, 0.5) is 0 Å². The van der Waals surface area contributed by atoms with Crippen molar-refractivity contribution in [2.24, 2.45) is 5.73 Å². The van der Waals surface area contributed by atoms with Crippen LogP contribution in [-0.4, -0.2) is 42.4 Å². The second-order valence-corrected chi connectivity index (χ2v) is 4.04. The Kier molecular flexibility index (Phi) is 6.36. The summed E-state index contributed by atoms with van der Waals surface area (Å²) in [4.78, 5) is 24.9. The first-order chi connectivity index (χ1) is 7.06. The summed E-state index contributed by atoms with van der Waals surface area (Å²) in [5.74, 6) is -0.0957. The number of nitrogens with zero attached hydrogens (tertiary/aromatic N) is 1. The van der Waals surface area contributed by atoms with Gasteiger partial charge in [0, 0.05) is 26.1 Å². The highest BCUT2D eigenvalue weighted by atomic mass is 35.5. The summed E-state index contributed by atoms with van der Waals surface area (Å²) in [7, 11) is 1.59. The van der Waals surface area contributed by atoms with E-state index in [4.69, 9.17) is 5.73 Å². The number of carbonyl (C=O) groups excluding carboxylic acids is 2. The Morgan fingerprint density at radius 3 is 2.69 bits per heavy atom. The zero-order valence-corrected chi connectivity index (χ0v) is 10.5. The predicted octanol–water partition coefficient (Wildman–Crippen LogP) is -0.118. The minimum absolute atomic E-state index is 0. The number of hydrogen-bond donors (Lipinski definition) is 2. The highest BCUT2D eigenvalue weighted by Gasteiger charge is 2.33. The first-order valence-corrected chi connectivity index (χ1v) is 5.33. The molecule has 5 nitrogen and oxygen atoms in total. The summed E-state index contributed by atoms with van der Waals surface area (Å²) < 4.78 is 0. The third kappa shape index (κ3) is 3.64. The minimum atomic E-state index is -0.291. The molecule has 2 atom stereocenters. The number of hydrogen-bond acceptors (Lipinski definition) is 3. The molecule has 2 unspecified atom stereocenters. The quantitative estimate of drug-likeness (QED) is 0.733. The molecule has 1 saturated heterocycles. The van der Waals surface area contributed by atoms with Gasteiger partial charge in [0.05, 0.1) is 0 Å². The zero-order valence-electron chi connectivity index (χ0n) is 9.73. The van der Waals surface area contributed by atoms with E-state index in [-0.39, 0.29) is 36.3 Å². The number of likely N-dealkylation sites (N-methyl/N-ethyl adjacent to an activating group) is 1. The van der Waals surface area contributed by atoms with Crippen LogP contribution in [0.15, 0.2) is 0 Å². The number of halogens is 1. The monoisotopic (exact) mass is 249 g/mol. The summed E-state index contributed by atoms with van der Waals surface area (Å²) in [6.45, 7) is 2.46. The molecule has 1 rings (SSSR count). The summed E-state index contributed by atoms with van der Waals surface area (Å²) in [6, 6.07) is -0.440. The van der Waals surface area contributed by atoms with Crippen molar-refractivity contribution in [1.82, 2.24) is 10.2 Å². The summed E-state index contributed by atoms with van der Waals surface area (Å²) in [5, 5.41) is 2.58. The Bertz CT molecular complexity index is 258. The van der Waals surface area contributed by atoms with E-state index in [0.29, 0.717) is 13.0 Å². The number of carbonyl (C=O) groups is 2. The molecule has 0 aromatic rings. The normalized spacial score (nSPS) is 21.2. The second-order valence-electron chi connectivity index (χ2n) is 4.04. The van der Waals surface area contributed by atoms with Crippen LogP contribution in [0, 0.1) is 0 Å². The first kappa shape index (κ1) is 15.2. The van der Waals surface area contributed by atoms with E-state index in [2.05, 4.69) is 5.32 Å². The maximum absolute atomic E-state index is 11.8. The average molecular weight is 250 g/mol. The van der Waals surface area contributed by atoms with Crippen molar-refractivity contribution >= 4 is 24.2 Å². The van der Waals surface area contributed by atoms with Crippen LogP contribution in [0.5, 0.6) is 0 Å². The van der Waals surface area contributed by atoms with Crippen molar-refractivity contribution in [2.45, 2.75) is 38.3 Å². The van der Waals surface area contributed by atoms with E-state index in [0.717, 1.165) is 12.8 Å². The van der Waals surface area contributed by atoms with E-state index < -0.39 is 0 Å². The van der Waals surface area contributed by atoms with Crippen LogP contribution in [0.2, 0.25) is 0 Å². The van der Waals surface area contributed by atoms with Crippen LogP contribution in [-0.2, 0) is 9.59 Å². The van der Waals surface area contributed by atoms with Crippen molar-refractivity contribution in [3.63, 3.8) is 0 Å². The van der Waals surface area contributed by atoms with Crippen molar-refractivity contribution in [3.8, 4) is 0 Å². The molecule has 0 aliphatic carbocycles. The van der Waals surface area contributed by atoms with Crippen molar-refractivity contribution < 1.29 is 9.59 Å². The molecule has 16 heavy (non-hydrogen) atoms. The smallest absolute Gasteiger partial charge is 0.242 e. The number of nitrogens with one attached hydrogen (secondary N) is 1. The fourth-order valence-electron chi connectivity index (χ4n) is 1.90. The maximum atomic E-state index is 11.8. The fraction of sp³-hybridized carbons (Fsp3) is 0.800. The predicted molar refractivity (Wildman–Crippen MR) is 64.3 cm³/mol. The van der Waals surface area contributed by atoms with Gasteiger partial charge in [-0.3, -0.25) is 9.59 Å². The number of likely N-dealkylation sites (tertiary alicyclic amines) is 1. The van der Waals surface area contributed by atoms with E-state index in [1.54, 1.807) is 18.9 Å². The first-order valence-electron chi connectivity index (χ1n) is 5.33. The van der Waals surface area contributed by atoms with E-state index in [1.807, 2.05) is 0 Å². The second kappa shape index (κ2) is 6.70. The third-order valence-corrected chi connectivity index (χ3v) is 2.62. The Hall–Kier alpha value is -0.810. The minimum Gasteiger partial charge on any atom is -0.357 e. The van der Waals surface area contributed by atoms with Gasteiger partial charge in [-0.1, -0.05) is 0 Å². The standard InChI is InChI=1S/C10H19N3O2.ClH/c1-7(11)6-9(14)13-5-3-4-8(13)10(15)12-2;/h7-8H,3-6,11H2,1-2H3,(H,12,15);1H. The molecule has 0 aromatic carbocycles. The summed E-state index contributed by atoms with van der Waals surface area (Å²) >= 11 is 0. The Morgan fingerprint density at radius 2 is 2.19 bits per heavy atom. The van der Waals surface area contributed by atoms with E-state index in [1.165, 1.54) is 0 Å². The SMILES string of the molecule is CNC(=O)C1CCCN1C(=O)CC(C)N.Cl. The van der Waals surface area contributed by atoms with E-state index >= 15 is 0 Å². The van der Waals surface area contributed by atoms with Crippen LogP contribution < -0.4 is 11.1 Å². The average Bonchev–Trinajstić information content (AvgIpc) is 2.63. The van der Waals surface area contributed by atoms with Gasteiger partial charge in [0.25, 0.3) is 0 Å². The number of amides is 2. The van der Waals surface area contributed by atoms with Gasteiger partial charge in [-0.2, -0.15) is 0 Å². The molecule has 0 radical (unpaired) electrons. The van der Waals surface area contributed by atoms with Crippen molar-refractivity contribution in [3.05, 3.63) is 0 Å². The molecule has 94 valence electrons. The maximum Gasteiger partial charge on any atom is 0.242 e. The lowest BCUT2D eigenvalue weighted by molar-refractivity contribution is -0.138. The molecule has 1 heterocycles. The topological polar surface area (TPSA) is 75.4 Å². The molecule has 0 saturated carbocycles. The van der Waals surface area contributed by atoms with Gasteiger partial charge >= 0.3 is 0 Å². The van der Waals surface area contributed by atoms with Gasteiger partial charge in [0.1, 0.15) is 6.04 Å². The van der Waals surface area contributed by atoms with Crippen LogP contribution >= 0.6 is 12.4 Å². The van der Waals surface area contributed by atoms with E-state index in [9.17, 15) is 9.59 Å². The molecule has 6 heteroatoms. The van der Waals surface area contributed by atoms with Gasteiger partial charge in [0.15, 0.2) is 0 Å². The molecule has 1 aliphatic rings. The lowest BCUT2D eigenvalue weighted by atomic mass is 10.2. The van der Waals surface area contributed by atoms with Gasteiger partial charge < -0.3 is 16.0 Å². The molecular weight excluding hydrogens is 230 g/mol. The van der Waals surface area contributed by atoms with Crippen LogP contribution in [0.25, 0.3) is 0 Å².